The molecule has 0 fully saturated rings. The molecule has 0 aromatic carbocycles. The standard InChI is InChI=1S/C14H28N2/c1-5-8-15-11-14(3,4)12-16-9-6-13(2)7-10-16/h6,15H,5,7-12H2,1-4H3. The highest BCUT2D eigenvalue weighted by Gasteiger charge is 2.21. The Balaban J connectivity index is 2.29. The number of rotatable bonds is 6. The number of nitrogens with zero attached hydrogens (tertiary/aromatic N) is 1. The van der Waals surface area contributed by atoms with Crippen LogP contribution in [0.25, 0.3) is 0 Å². The van der Waals surface area contributed by atoms with Crippen molar-refractivity contribution >= 4 is 0 Å². The lowest BCUT2D eigenvalue weighted by molar-refractivity contribution is 0.184. The first-order chi connectivity index (χ1) is 7.53. The molecule has 2 heteroatoms. The van der Waals surface area contributed by atoms with Crippen LogP contribution in [0.15, 0.2) is 11.6 Å². The molecular formula is C14H28N2. The van der Waals surface area contributed by atoms with Gasteiger partial charge in [-0.1, -0.05) is 32.4 Å². The van der Waals surface area contributed by atoms with Crippen LogP contribution in [0.1, 0.15) is 40.5 Å². The van der Waals surface area contributed by atoms with Gasteiger partial charge in [-0.15, -0.1) is 0 Å². The molecule has 1 aliphatic rings. The molecule has 0 spiro atoms. The van der Waals surface area contributed by atoms with E-state index in [-0.39, 0.29) is 0 Å². The summed E-state index contributed by atoms with van der Waals surface area (Å²) < 4.78 is 0. The number of hydrogen-bond acceptors (Lipinski definition) is 2. The van der Waals surface area contributed by atoms with Crippen molar-refractivity contribution in [3.63, 3.8) is 0 Å². The Kier molecular flexibility index (Phi) is 5.50. The average Bonchev–Trinajstić information content (AvgIpc) is 2.21. The summed E-state index contributed by atoms with van der Waals surface area (Å²) in [6.07, 6.45) is 4.85. The van der Waals surface area contributed by atoms with Crippen LogP contribution in [-0.2, 0) is 0 Å². The van der Waals surface area contributed by atoms with Gasteiger partial charge >= 0.3 is 0 Å². The highest BCUT2D eigenvalue weighted by Crippen LogP contribution is 2.19. The van der Waals surface area contributed by atoms with Gasteiger partial charge < -0.3 is 5.32 Å². The molecule has 0 saturated carbocycles. The highest BCUT2D eigenvalue weighted by atomic mass is 15.1. The van der Waals surface area contributed by atoms with Crippen LogP contribution in [0.2, 0.25) is 0 Å². The molecule has 94 valence electrons. The minimum Gasteiger partial charge on any atom is -0.316 e. The van der Waals surface area contributed by atoms with Crippen LogP contribution >= 0.6 is 0 Å². The van der Waals surface area contributed by atoms with Crippen LogP contribution in [0.3, 0.4) is 0 Å². The van der Waals surface area contributed by atoms with Crippen molar-refractivity contribution in [3.05, 3.63) is 11.6 Å². The lowest BCUT2D eigenvalue weighted by Gasteiger charge is -2.34. The first kappa shape index (κ1) is 13.7. The van der Waals surface area contributed by atoms with E-state index < -0.39 is 0 Å². The van der Waals surface area contributed by atoms with E-state index in [0.717, 1.165) is 19.6 Å². The molecule has 1 heterocycles. The Hall–Kier alpha value is -0.340. The van der Waals surface area contributed by atoms with E-state index in [9.17, 15) is 0 Å². The molecule has 0 aliphatic carbocycles. The quantitative estimate of drug-likeness (QED) is 0.551. The molecule has 1 N–H and O–H groups in total. The molecule has 2 nitrogen and oxygen atoms in total. The lowest BCUT2D eigenvalue weighted by Crippen LogP contribution is -2.42. The Labute approximate surface area is 101 Å². The average molecular weight is 224 g/mol. The van der Waals surface area contributed by atoms with E-state index in [1.165, 1.54) is 25.9 Å². The minimum absolute atomic E-state index is 0.383. The minimum atomic E-state index is 0.383. The maximum absolute atomic E-state index is 3.53. The van der Waals surface area contributed by atoms with Gasteiger partial charge in [-0.05, 0) is 31.7 Å². The third kappa shape index (κ3) is 5.13. The van der Waals surface area contributed by atoms with Gasteiger partial charge in [0.05, 0.1) is 0 Å². The van der Waals surface area contributed by atoms with Crippen molar-refractivity contribution in [2.45, 2.75) is 40.5 Å². The van der Waals surface area contributed by atoms with Crippen LogP contribution in [0.4, 0.5) is 0 Å². The Morgan fingerprint density at radius 3 is 2.75 bits per heavy atom. The summed E-state index contributed by atoms with van der Waals surface area (Å²) in [7, 11) is 0. The Bertz CT molecular complexity index is 231. The second-order valence-corrected chi connectivity index (χ2v) is 5.88. The van der Waals surface area contributed by atoms with Crippen LogP contribution in [-0.4, -0.2) is 37.6 Å². The van der Waals surface area contributed by atoms with Gasteiger partial charge in [0.25, 0.3) is 0 Å². The van der Waals surface area contributed by atoms with Gasteiger partial charge in [0.1, 0.15) is 0 Å². The number of nitrogens with one attached hydrogen (secondary N) is 1. The molecule has 0 unspecified atom stereocenters. The van der Waals surface area contributed by atoms with Crippen molar-refractivity contribution in [2.24, 2.45) is 5.41 Å². The molecule has 0 aromatic heterocycles. The van der Waals surface area contributed by atoms with E-state index in [2.05, 4.69) is 44.0 Å². The normalized spacial score (nSPS) is 18.6. The van der Waals surface area contributed by atoms with Gasteiger partial charge in [0.2, 0.25) is 0 Å². The fourth-order valence-electron chi connectivity index (χ4n) is 2.22. The zero-order chi connectivity index (χ0) is 12.0. The summed E-state index contributed by atoms with van der Waals surface area (Å²) in [5, 5.41) is 3.53. The molecule has 0 saturated heterocycles. The zero-order valence-electron chi connectivity index (χ0n) is 11.5. The Morgan fingerprint density at radius 2 is 2.19 bits per heavy atom. The van der Waals surface area contributed by atoms with E-state index in [1.54, 1.807) is 5.57 Å². The monoisotopic (exact) mass is 224 g/mol. The zero-order valence-corrected chi connectivity index (χ0v) is 11.5. The van der Waals surface area contributed by atoms with E-state index >= 15 is 0 Å². The first-order valence-electron chi connectivity index (χ1n) is 6.62. The molecule has 1 rings (SSSR count). The molecular weight excluding hydrogens is 196 g/mol. The SMILES string of the molecule is CCCNCC(C)(C)CN1CC=C(C)CC1. The molecule has 1 aliphatic heterocycles. The maximum atomic E-state index is 3.53. The summed E-state index contributed by atoms with van der Waals surface area (Å²) in [6.45, 7) is 15.0. The van der Waals surface area contributed by atoms with Crippen molar-refractivity contribution in [1.82, 2.24) is 10.2 Å². The molecule has 0 bridgehead atoms. The van der Waals surface area contributed by atoms with Crippen LogP contribution in [0.5, 0.6) is 0 Å². The van der Waals surface area contributed by atoms with E-state index in [1.807, 2.05) is 0 Å². The van der Waals surface area contributed by atoms with Gasteiger partial charge in [0, 0.05) is 26.2 Å². The summed E-state index contributed by atoms with van der Waals surface area (Å²) in [5.74, 6) is 0. The van der Waals surface area contributed by atoms with Crippen molar-refractivity contribution in [3.8, 4) is 0 Å². The van der Waals surface area contributed by atoms with Gasteiger partial charge in [0.15, 0.2) is 0 Å². The van der Waals surface area contributed by atoms with Gasteiger partial charge in [-0.3, -0.25) is 4.90 Å². The summed E-state index contributed by atoms with van der Waals surface area (Å²) in [5.41, 5.74) is 1.94. The van der Waals surface area contributed by atoms with Crippen molar-refractivity contribution in [2.75, 3.05) is 32.7 Å². The van der Waals surface area contributed by atoms with Crippen LogP contribution < -0.4 is 5.32 Å². The smallest absolute Gasteiger partial charge is 0.0166 e. The predicted molar refractivity (Wildman–Crippen MR) is 71.8 cm³/mol. The molecule has 0 amide bonds. The van der Waals surface area contributed by atoms with E-state index in [0.29, 0.717) is 5.41 Å². The molecule has 0 atom stereocenters. The topological polar surface area (TPSA) is 15.3 Å². The largest absolute Gasteiger partial charge is 0.316 e. The predicted octanol–water partition coefficient (Wildman–Crippen LogP) is 2.66. The summed E-state index contributed by atoms with van der Waals surface area (Å²) in [4.78, 5) is 2.57. The van der Waals surface area contributed by atoms with Crippen molar-refractivity contribution < 1.29 is 0 Å². The Morgan fingerprint density at radius 1 is 1.44 bits per heavy atom. The number of hydrogen-bond donors (Lipinski definition) is 1. The molecule has 16 heavy (non-hydrogen) atoms. The van der Waals surface area contributed by atoms with Crippen molar-refractivity contribution in [1.29, 1.82) is 0 Å². The fourth-order valence-corrected chi connectivity index (χ4v) is 2.22. The molecule has 0 aromatic rings. The second-order valence-electron chi connectivity index (χ2n) is 5.88. The third-order valence-electron chi connectivity index (χ3n) is 3.20. The molecule has 0 radical (unpaired) electrons. The summed E-state index contributed by atoms with van der Waals surface area (Å²) in [6, 6.07) is 0. The summed E-state index contributed by atoms with van der Waals surface area (Å²) >= 11 is 0. The second kappa shape index (κ2) is 6.41. The maximum Gasteiger partial charge on any atom is 0.0166 e. The highest BCUT2D eigenvalue weighted by molar-refractivity contribution is 5.04. The third-order valence-corrected chi connectivity index (χ3v) is 3.20. The van der Waals surface area contributed by atoms with E-state index in [4.69, 9.17) is 0 Å². The van der Waals surface area contributed by atoms with Gasteiger partial charge in [-0.2, -0.15) is 0 Å². The fraction of sp³-hybridized carbons (Fsp3) is 0.857. The van der Waals surface area contributed by atoms with Gasteiger partial charge in [-0.25, -0.2) is 0 Å². The first-order valence-corrected chi connectivity index (χ1v) is 6.62. The lowest BCUT2D eigenvalue weighted by atomic mass is 9.92. The van der Waals surface area contributed by atoms with Crippen LogP contribution in [0, 0.1) is 5.41 Å².